The number of halogens is 3. The quantitative estimate of drug-likeness (QED) is 0.496. The number of aliphatic hydroxyl groups excluding tert-OH is 1. The molecule has 1 saturated carbocycles. The summed E-state index contributed by atoms with van der Waals surface area (Å²) in [7, 11) is 0. The van der Waals surface area contributed by atoms with Gasteiger partial charge in [-0.2, -0.15) is 0 Å². The molecule has 0 radical (unpaired) electrons. The number of benzene rings is 2. The fourth-order valence-electron chi connectivity index (χ4n) is 4.32. The number of anilines is 1. The molecule has 0 aliphatic heterocycles. The van der Waals surface area contributed by atoms with Crippen LogP contribution in [0.3, 0.4) is 0 Å². The van der Waals surface area contributed by atoms with Gasteiger partial charge in [0, 0.05) is 23.5 Å². The van der Waals surface area contributed by atoms with E-state index in [1.807, 2.05) is 0 Å². The van der Waals surface area contributed by atoms with Crippen molar-refractivity contribution in [3.05, 3.63) is 59.2 Å². The lowest BCUT2D eigenvalue weighted by Gasteiger charge is -2.21. The zero-order valence-corrected chi connectivity index (χ0v) is 18.7. The Balaban J connectivity index is 1.72. The second kappa shape index (κ2) is 9.58. The molecule has 1 heterocycles. The number of hydrogen-bond donors (Lipinski definition) is 2. The van der Waals surface area contributed by atoms with Crippen molar-refractivity contribution in [1.82, 2.24) is 9.55 Å². The minimum Gasteiger partial charge on any atom is -0.393 e. The van der Waals surface area contributed by atoms with Crippen LogP contribution in [0.15, 0.2) is 42.5 Å². The van der Waals surface area contributed by atoms with Crippen molar-refractivity contribution in [2.45, 2.75) is 57.2 Å². The smallest absolute Gasteiger partial charge is 0.263 e. The van der Waals surface area contributed by atoms with Crippen LogP contribution < -0.4 is 5.32 Å². The van der Waals surface area contributed by atoms with Crippen LogP contribution in [0.5, 0.6) is 0 Å². The van der Waals surface area contributed by atoms with Crippen LogP contribution in [0.2, 0.25) is 0 Å². The number of nitrogens with zero attached hydrogens (tertiary/aromatic N) is 2. The Hall–Kier alpha value is -3.20. The van der Waals surface area contributed by atoms with Gasteiger partial charge in [0.05, 0.1) is 24.2 Å². The van der Waals surface area contributed by atoms with Gasteiger partial charge >= 0.3 is 0 Å². The van der Waals surface area contributed by atoms with Crippen LogP contribution in [0.25, 0.3) is 11.0 Å². The lowest BCUT2D eigenvalue weighted by atomic mass is 9.83. The van der Waals surface area contributed by atoms with E-state index in [9.17, 15) is 27.9 Å². The topological polar surface area (TPSA) is 84.2 Å². The van der Waals surface area contributed by atoms with Crippen LogP contribution in [0.4, 0.5) is 19.1 Å². The molecule has 1 aliphatic rings. The normalized spacial score (nSPS) is 18.3. The summed E-state index contributed by atoms with van der Waals surface area (Å²) in [6.45, 7) is 0.186. The minimum atomic E-state index is -2.73. The summed E-state index contributed by atoms with van der Waals surface area (Å²) in [6.07, 6.45) is 0.397. The molecule has 1 aliphatic carbocycles. The van der Waals surface area contributed by atoms with E-state index in [4.69, 9.17) is 0 Å². The number of aromatic nitrogens is 2. The van der Waals surface area contributed by atoms with Crippen molar-refractivity contribution in [2.24, 2.45) is 0 Å². The minimum absolute atomic E-state index is 0.00932. The van der Waals surface area contributed by atoms with E-state index >= 15 is 0 Å². The van der Waals surface area contributed by atoms with Gasteiger partial charge in [-0.25, -0.2) is 18.2 Å². The Morgan fingerprint density at radius 2 is 2.06 bits per heavy atom. The van der Waals surface area contributed by atoms with E-state index in [1.165, 1.54) is 29.7 Å². The molecule has 1 aromatic heterocycles. The standard InChI is InChI=1S/C25H26F3N3O3/c1-25(28,14-32)13-31-20-10-9-15(18-7-2-3-8-21(18)33)12-19(20)29-24(31)30-23(34)17-6-4-5-16(11-17)22(26)27/h4-6,9-12,18,22,32H,2-3,7-8,13-14H2,1H3,(H,29,30,34)/t18?,25-/m0/s1. The van der Waals surface area contributed by atoms with E-state index in [0.717, 1.165) is 30.9 Å². The SMILES string of the molecule is C[C@@](F)(CO)Cn1c(NC(=O)c2cccc(C(F)F)c2)nc2cc(C3CCCCC3=O)ccc21. The maximum absolute atomic E-state index is 14.8. The van der Waals surface area contributed by atoms with Gasteiger partial charge in [0.15, 0.2) is 0 Å². The zero-order chi connectivity index (χ0) is 24.5. The predicted octanol–water partition coefficient (Wildman–Crippen LogP) is 5.17. The van der Waals surface area contributed by atoms with Gasteiger partial charge in [0.1, 0.15) is 11.5 Å². The lowest BCUT2D eigenvalue weighted by Crippen LogP contribution is -2.30. The Morgan fingerprint density at radius 1 is 1.26 bits per heavy atom. The molecule has 0 bridgehead atoms. The molecule has 1 unspecified atom stereocenters. The Kier molecular flexibility index (Phi) is 6.74. The number of amides is 1. The molecule has 6 nitrogen and oxygen atoms in total. The third-order valence-electron chi connectivity index (χ3n) is 6.17. The van der Waals surface area contributed by atoms with Gasteiger partial charge in [-0.1, -0.05) is 24.6 Å². The molecule has 34 heavy (non-hydrogen) atoms. The summed E-state index contributed by atoms with van der Waals surface area (Å²) < 4.78 is 42.3. The van der Waals surface area contributed by atoms with Crippen molar-refractivity contribution < 1.29 is 27.9 Å². The second-order valence-electron chi connectivity index (χ2n) is 8.99. The maximum Gasteiger partial charge on any atom is 0.263 e. The van der Waals surface area contributed by atoms with Gasteiger partial charge in [-0.15, -0.1) is 0 Å². The summed E-state index contributed by atoms with van der Waals surface area (Å²) in [5, 5.41) is 12.0. The average Bonchev–Trinajstić information content (AvgIpc) is 3.14. The van der Waals surface area contributed by atoms with Gasteiger partial charge in [0.2, 0.25) is 5.95 Å². The number of aliphatic hydroxyl groups is 1. The number of Topliss-reactive ketones (excluding diaryl/α,β-unsaturated/α-hetero) is 1. The van der Waals surface area contributed by atoms with Crippen molar-refractivity contribution >= 4 is 28.7 Å². The number of nitrogens with one attached hydrogen (secondary N) is 1. The summed E-state index contributed by atoms with van der Waals surface area (Å²) in [4.78, 5) is 29.7. The molecule has 1 amide bonds. The van der Waals surface area contributed by atoms with Crippen molar-refractivity contribution in [1.29, 1.82) is 0 Å². The van der Waals surface area contributed by atoms with Crippen LogP contribution >= 0.6 is 0 Å². The molecule has 2 N–H and O–H groups in total. The number of fused-ring (bicyclic) bond motifs is 1. The Morgan fingerprint density at radius 3 is 2.76 bits per heavy atom. The summed E-state index contributed by atoms with van der Waals surface area (Å²) in [5.41, 5.74) is -0.493. The van der Waals surface area contributed by atoms with Gasteiger partial charge in [-0.3, -0.25) is 14.9 Å². The number of carbonyl (C=O) groups is 2. The fraction of sp³-hybridized carbons (Fsp3) is 0.400. The monoisotopic (exact) mass is 473 g/mol. The largest absolute Gasteiger partial charge is 0.393 e. The predicted molar refractivity (Wildman–Crippen MR) is 122 cm³/mol. The van der Waals surface area contributed by atoms with Gasteiger partial charge in [-0.05, 0) is 49.6 Å². The molecular formula is C25H26F3N3O3. The third kappa shape index (κ3) is 4.99. The van der Waals surface area contributed by atoms with Crippen LogP contribution in [0.1, 0.15) is 66.4 Å². The van der Waals surface area contributed by atoms with E-state index in [1.54, 1.807) is 18.2 Å². The number of imidazole rings is 1. The zero-order valence-electron chi connectivity index (χ0n) is 18.7. The van der Waals surface area contributed by atoms with Crippen molar-refractivity contribution in [3.8, 4) is 0 Å². The van der Waals surface area contributed by atoms with Gasteiger partial charge in [0.25, 0.3) is 12.3 Å². The lowest BCUT2D eigenvalue weighted by molar-refractivity contribution is -0.121. The Labute approximate surface area is 194 Å². The highest BCUT2D eigenvalue weighted by atomic mass is 19.3. The van der Waals surface area contributed by atoms with E-state index in [0.29, 0.717) is 17.5 Å². The molecular weight excluding hydrogens is 447 g/mol. The number of ketones is 1. The van der Waals surface area contributed by atoms with E-state index < -0.39 is 24.6 Å². The highest BCUT2D eigenvalue weighted by Crippen LogP contribution is 2.33. The first-order chi connectivity index (χ1) is 16.2. The van der Waals surface area contributed by atoms with E-state index in [2.05, 4.69) is 10.3 Å². The molecule has 4 rings (SSSR count). The van der Waals surface area contributed by atoms with Crippen LogP contribution in [-0.4, -0.2) is 38.6 Å². The highest BCUT2D eigenvalue weighted by molar-refractivity contribution is 6.04. The summed E-state index contributed by atoms with van der Waals surface area (Å²) >= 11 is 0. The third-order valence-corrected chi connectivity index (χ3v) is 6.17. The van der Waals surface area contributed by atoms with Gasteiger partial charge < -0.3 is 9.67 Å². The number of hydrogen-bond acceptors (Lipinski definition) is 4. The van der Waals surface area contributed by atoms with Crippen molar-refractivity contribution in [2.75, 3.05) is 11.9 Å². The molecule has 1 fully saturated rings. The molecule has 0 saturated heterocycles. The average molecular weight is 473 g/mol. The Bertz CT molecular complexity index is 1220. The number of carbonyl (C=O) groups excluding carboxylic acids is 2. The molecule has 3 aromatic rings. The highest BCUT2D eigenvalue weighted by Gasteiger charge is 2.28. The number of alkyl halides is 3. The van der Waals surface area contributed by atoms with Crippen LogP contribution in [0, 0.1) is 0 Å². The summed E-state index contributed by atoms with van der Waals surface area (Å²) in [6, 6.07) is 10.4. The second-order valence-corrected chi connectivity index (χ2v) is 8.99. The number of rotatable bonds is 7. The molecule has 180 valence electrons. The summed E-state index contributed by atoms with van der Waals surface area (Å²) in [5.74, 6) is -0.699. The first kappa shape index (κ1) is 23.9. The molecule has 2 atom stereocenters. The molecule has 9 heteroatoms. The first-order valence-corrected chi connectivity index (χ1v) is 11.2. The molecule has 0 spiro atoms. The molecule has 2 aromatic carbocycles. The maximum atomic E-state index is 14.8. The fourth-order valence-corrected chi connectivity index (χ4v) is 4.32. The first-order valence-electron chi connectivity index (χ1n) is 11.2. The van der Waals surface area contributed by atoms with E-state index in [-0.39, 0.29) is 35.3 Å². The van der Waals surface area contributed by atoms with Crippen LogP contribution in [-0.2, 0) is 11.3 Å². The van der Waals surface area contributed by atoms with Crippen molar-refractivity contribution in [3.63, 3.8) is 0 Å².